The molecule has 9 nitrogen and oxygen atoms in total. The maximum atomic E-state index is 6.08. The number of nitrogens with one attached hydrogen (secondary N) is 1. The highest BCUT2D eigenvalue weighted by Gasteiger charge is 2.16. The van der Waals surface area contributed by atoms with Gasteiger partial charge in [0.15, 0.2) is 23.0 Å². The van der Waals surface area contributed by atoms with E-state index in [1.807, 2.05) is 60.7 Å². The van der Waals surface area contributed by atoms with Crippen LogP contribution < -0.4 is 24.3 Å². The molecule has 5 rings (SSSR count). The van der Waals surface area contributed by atoms with Crippen molar-refractivity contribution in [2.75, 3.05) is 26.2 Å². The quantitative estimate of drug-likeness (QED) is 0.205. The molecule has 0 aliphatic carbocycles. The largest absolute Gasteiger partial charge is 0.493 e. The van der Waals surface area contributed by atoms with E-state index in [0.717, 1.165) is 50.2 Å². The smallest absolute Gasteiger partial charge is 0.231 e. The molecule has 0 saturated carbocycles. The van der Waals surface area contributed by atoms with Gasteiger partial charge in [0.25, 0.3) is 0 Å². The number of rotatable bonds is 11. The molecule has 1 aliphatic rings. The van der Waals surface area contributed by atoms with Gasteiger partial charge in [0, 0.05) is 18.8 Å². The predicted molar refractivity (Wildman–Crippen MR) is 139 cm³/mol. The van der Waals surface area contributed by atoms with Gasteiger partial charge in [-0.1, -0.05) is 36.0 Å². The first kappa shape index (κ1) is 24.4. The predicted octanol–water partition coefficient (Wildman–Crippen LogP) is 4.62. The van der Waals surface area contributed by atoms with Crippen LogP contribution >= 0.6 is 27.7 Å². The average Bonchev–Trinajstić information content (AvgIpc) is 3.57. The monoisotopic (exact) mass is 569 g/mol. The van der Waals surface area contributed by atoms with Crippen molar-refractivity contribution in [3.63, 3.8) is 0 Å². The second-order valence-electron chi connectivity index (χ2n) is 7.82. The number of hydrogen-bond acceptors (Lipinski definition) is 9. The van der Waals surface area contributed by atoms with Gasteiger partial charge in [0.05, 0.1) is 17.3 Å². The first-order valence-corrected chi connectivity index (χ1v) is 13.0. The van der Waals surface area contributed by atoms with Crippen molar-refractivity contribution < 1.29 is 18.9 Å². The lowest BCUT2D eigenvalue weighted by molar-refractivity contribution is 0.174. The first-order valence-electron chi connectivity index (χ1n) is 11.3. The summed E-state index contributed by atoms with van der Waals surface area (Å²) in [5.41, 5.74) is 3.00. The summed E-state index contributed by atoms with van der Waals surface area (Å²) in [6.07, 6.45) is 0. The Kier molecular flexibility index (Phi) is 7.89. The molecule has 186 valence electrons. The van der Waals surface area contributed by atoms with Gasteiger partial charge in [-0.3, -0.25) is 0 Å². The molecular weight excluding hydrogens is 546 g/mol. The summed E-state index contributed by atoms with van der Waals surface area (Å²) in [5, 5.41) is 16.3. The minimum Gasteiger partial charge on any atom is -0.493 e. The zero-order valence-corrected chi connectivity index (χ0v) is 21.9. The van der Waals surface area contributed by atoms with Crippen LogP contribution in [0, 0.1) is 0 Å². The van der Waals surface area contributed by atoms with Crippen LogP contribution in [0.2, 0.25) is 0 Å². The van der Waals surface area contributed by atoms with Crippen LogP contribution in [-0.2, 0) is 13.2 Å². The molecule has 1 N–H and O–H groups in total. The summed E-state index contributed by atoms with van der Waals surface area (Å²) in [7, 11) is 1.64. The zero-order valence-electron chi connectivity index (χ0n) is 19.5. The van der Waals surface area contributed by atoms with E-state index in [1.165, 1.54) is 0 Å². The molecule has 0 amide bonds. The Morgan fingerprint density at radius 1 is 1.06 bits per heavy atom. The number of methoxy groups -OCH3 is 1. The Morgan fingerprint density at radius 3 is 2.78 bits per heavy atom. The van der Waals surface area contributed by atoms with Gasteiger partial charge in [0.1, 0.15) is 6.61 Å². The zero-order chi connectivity index (χ0) is 24.7. The summed E-state index contributed by atoms with van der Waals surface area (Å²) >= 11 is 5.24. The summed E-state index contributed by atoms with van der Waals surface area (Å²) in [6.45, 7) is 2.10. The van der Waals surface area contributed by atoms with Crippen molar-refractivity contribution >= 4 is 27.7 Å². The molecule has 0 saturated heterocycles. The second kappa shape index (κ2) is 11.6. The van der Waals surface area contributed by atoms with Gasteiger partial charge in [0.2, 0.25) is 11.9 Å². The van der Waals surface area contributed by atoms with E-state index in [-0.39, 0.29) is 6.79 Å². The SMILES string of the molecule is COc1cc(CNCCSc2nnnn2-c2ccccc2)cc(Br)c1OCc1ccc2c(c1)OCO2. The van der Waals surface area contributed by atoms with E-state index >= 15 is 0 Å². The third-order valence-corrected chi connectivity index (χ3v) is 6.90. The van der Waals surface area contributed by atoms with Crippen LogP contribution in [0.25, 0.3) is 5.69 Å². The van der Waals surface area contributed by atoms with E-state index in [1.54, 1.807) is 23.6 Å². The summed E-state index contributed by atoms with van der Waals surface area (Å²) in [6, 6.07) is 19.7. The molecule has 4 aromatic rings. The van der Waals surface area contributed by atoms with Gasteiger partial charge in [-0.25, -0.2) is 0 Å². The van der Waals surface area contributed by atoms with Crippen LogP contribution in [0.4, 0.5) is 0 Å². The molecule has 0 bridgehead atoms. The number of ether oxygens (including phenoxy) is 4. The number of aromatic nitrogens is 4. The Labute approximate surface area is 221 Å². The van der Waals surface area contributed by atoms with E-state index in [2.05, 4.69) is 36.8 Å². The fraction of sp³-hybridized carbons (Fsp3) is 0.240. The number of hydrogen-bond donors (Lipinski definition) is 1. The van der Waals surface area contributed by atoms with Gasteiger partial charge >= 0.3 is 0 Å². The normalized spacial score (nSPS) is 12.1. The Morgan fingerprint density at radius 2 is 1.92 bits per heavy atom. The summed E-state index contributed by atoms with van der Waals surface area (Å²) in [4.78, 5) is 0. The van der Waals surface area contributed by atoms with Gasteiger partial charge in [-0.15, -0.1) is 5.10 Å². The van der Waals surface area contributed by atoms with Crippen LogP contribution in [-0.4, -0.2) is 46.4 Å². The molecular formula is C25H24BrN5O4S. The second-order valence-corrected chi connectivity index (χ2v) is 9.74. The average molecular weight is 570 g/mol. The minimum absolute atomic E-state index is 0.250. The Bertz CT molecular complexity index is 1320. The lowest BCUT2D eigenvalue weighted by atomic mass is 10.2. The number of nitrogens with zero attached hydrogens (tertiary/aromatic N) is 4. The van der Waals surface area contributed by atoms with Crippen molar-refractivity contribution in [1.29, 1.82) is 0 Å². The van der Waals surface area contributed by atoms with E-state index < -0.39 is 0 Å². The number of halogens is 1. The third-order valence-electron chi connectivity index (χ3n) is 5.39. The lowest BCUT2D eigenvalue weighted by Gasteiger charge is -2.15. The maximum Gasteiger partial charge on any atom is 0.231 e. The van der Waals surface area contributed by atoms with E-state index in [9.17, 15) is 0 Å². The maximum absolute atomic E-state index is 6.08. The number of tetrazole rings is 1. The number of para-hydroxylation sites is 1. The molecule has 36 heavy (non-hydrogen) atoms. The minimum atomic E-state index is 0.250. The van der Waals surface area contributed by atoms with E-state index in [0.29, 0.717) is 24.7 Å². The van der Waals surface area contributed by atoms with Gasteiger partial charge in [-0.05, 0) is 73.9 Å². The van der Waals surface area contributed by atoms with Crippen molar-refractivity contribution in [2.24, 2.45) is 0 Å². The number of fused-ring (bicyclic) bond motifs is 1. The van der Waals surface area contributed by atoms with Crippen LogP contribution in [0.1, 0.15) is 11.1 Å². The lowest BCUT2D eigenvalue weighted by Crippen LogP contribution is -2.17. The van der Waals surface area contributed by atoms with Crippen molar-refractivity contribution in [3.8, 4) is 28.7 Å². The fourth-order valence-corrected chi connectivity index (χ4v) is 5.04. The summed E-state index contributed by atoms with van der Waals surface area (Å²) in [5.74, 6) is 3.63. The fourth-order valence-electron chi connectivity index (χ4n) is 3.65. The highest BCUT2D eigenvalue weighted by Crippen LogP contribution is 2.38. The van der Waals surface area contributed by atoms with Crippen molar-refractivity contribution in [1.82, 2.24) is 25.5 Å². The third kappa shape index (κ3) is 5.75. The Hall–Kier alpha value is -3.28. The molecule has 0 spiro atoms. The summed E-state index contributed by atoms with van der Waals surface area (Å²) < 4.78 is 25.1. The molecule has 11 heteroatoms. The molecule has 1 aliphatic heterocycles. The molecule has 2 heterocycles. The Balaban J connectivity index is 1.13. The van der Waals surface area contributed by atoms with Crippen molar-refractivity contribution in [3.05, 3.63) is 76.3 Å². The first-order chi connectivity index (χ1) is 17.7. The molecule has 0 radical (unpaired) electrons. The number of thioether (sulfide) groups is 1. The van der Waals surface area contributed by atoms with Gasteiger partial charge in [-0.2, -0.15) is 4.68 Å². The van der Waals surface area contributed by atoms with Crippen LogP contribution in [0.3, 0.4) is 0 Å². The topological polar surface area (TPSA) is 92.6 Å². The van der Waals surface area contributed by atoms with Crippen LogP contribution in [0.15, 0.2) is 70.3 Å². The van der Waals surface area contributed by atoms with Gasteiger partial charge < -0.3 is 24.3 Å². The standard InChI is InChI=1S/C25H24BrN5O4S/c1-32-23-13-18(11-20(26)24(23)33-15-17-7-8-21-22(12-17)35-16-34-21)14-27-9-10-36-25-28-29-30-31(25)19-5-3-2-4-6-19/h2-8,11-13,27H,9-10,14-16H2,1H3. The van der Waals surface area contributed by atoms with Crippen LogP contribution in [0.5, 0.6) is 23.0 Å². The molecule has 0 fully saturated rings. The molecule has 0 atom stereocenters. The highest BCUT2D eigenvalue weighted by molar-refractivity contribution is 9.10. The highest BCUT2D eigenvalue weighted by atomic mass is 79.9. The van der Waals surface area contributed by atoms with Crippen molar-refractivity contribution in [2.45, 2.75) is 18.3 Å². The number of benzene rings is 3. The molecule has 1 aromatic heterocycles. The van der Waals surface area contributed by atoms with E-state index in [4.69, 9.17) is 18.9 Å². The molecule has 3 aromatic carbocycles. The molecule has 0 unspecified atom stereocenters.